The third-order valence-corrected chi connectivity index (χ3v) is 4.40. The molecule has 1 N–H and O–H groups in total. The van der Waals surface area contributed by atoms with Gasteiger partial charge in [0.1, 0.15) is 5.71 Å². The van der Waals surface area contributed by atoms with Gasteiger partial charge in [0.05, 0.1) is 12.2 Å². The second-order valence-corrected chi connectivity index (χ2v) is 6.36. The van der Waals surface area contributed by atoms with Crippen molar-refractivity contribution in [2.45, 2.75) is 25.7 Å². The molecule has 26 heavy (non-hydrogen) atoms. The van der Waals surface area contributed by atoms with E-state index >= 15 is 0 Å². The quantitative estimate of drug-likeness (QED) is 0.491. The molecule has 2 aromatic rings. The Morgan fingerprint density at radius 3 is 2.38 bits per heavy atom. The second kappa shape index (κ2) is 8.94. The van der Waals surface area contributed by atoms with Crippen molar-refractivity contribution in [1.82, 2.24) is 4.90 Å². The second-order valence-electron chi connectivity index (χ2n) is 6.36. The van der Waals surface area contributed by atoms with Crippen molar-refractivity contribution in [2.24, 2.45) is 5.10 Å². The predicted octanol–water partition coefficient (Wildman–Crippen LogP) is 3.74. The lowest BCUT2D eigenvalue weighted by Crippen LogP contribution is -2.38. The van der Waals surface area contributed by atoms with Gasteiger partial charge in [0.2, 0.25) is 11.7 Å². The molecule has 0 aliphatic carbocycles. The predicted molar refractivity (Wildman–Crippen MR) is 103 cm³/mol. The first-order valence-corrected chi connectivity index (χ1v) is 8.99. The molecule has 0 radical (unpaired) electrons. The number of hydrogen-bond acceptors (Lipinski definition) is 4. The highest BCUT2D eigenvalue weighted by Crippen LogP contribution is 2.13. The van der Waals surface area contributed by atoms with Gasteiger partial charge in [-0.1, -0.05) is 55.0 Å². The molecule has 5 nitrogen and oxygen atoms in total. The normalized spacial score (nSPS) is 15.5. The van der Waals surface area contributed by atoms with Crippen molar-refractivity contribution in [2.75, 3.05) is 18.5 Å². The van der Waals surface area contributed by atoms with E-state index in [1.165, 1.54) is 0 Å². The number of hydrogen-bond donors (Lipinski definition) is 1. The molecule has 5 heteroatoms. The molecule has 0 unspecified atom stereocenters. The molecule has 1 heterocycles. The summed E-state index contributed by atoms with van der Waals surface area (Å²) in [6.45, 7) is 0.900. The van der Waals surface area contributed by atoms with Crippen LogP contribution >= 0.6 is 0 Å². The average Bonchev–Trinajstić information content (AvgIpc) is 2.90. The minimum atomic E-state index is -0.161. The van der Waals surface area contributed by atoms with Crippen LogP contribution < -0.4 is 5.43 Å². The van der Waals surface area contributed by atoms with Crippen LogP contribution in [0.4, 0.5) is 5.69 Å². The maximum absolute atomic E-state index is 12.9. The van der Waals surface area contributed by atoms with E-state index in [9.17, 15) is 9.59 Å². The molecule has 1 saturated heterocycles. The van der Waals surface area contributed by atoms with Gasteiger partial charge in [-0.3, -0.25) is 15.0 Å². The van der Waals surface area contributed by atoms with Gasteiger partial charge in [-0.25, -0.2) is 0 Å². The molecule has 1 aliphatic heterocycles. The van der Waals surface area contributed by atoms with Gasteiger partial charge in [-0.2, -0.15) is 5.10 Å². The van der Waals surface area contributed by atoms with Crippen LogP contribution in [-0.4, -0.2) is 35.4 Å². The zero-order valence-corrected chi connectivity index (χ0v) is 14.7. The van der Waals surface area contributed by atoms with E-state index in [0.717, 1.165) is 24.9 Å². The summed E-state index contributed by atoms with van der Waals surface area (Å²) in [4.78, 5) is 27.0. The summed E-state index contributed by atoms with van der Waals surface area (Å²) in [5.74, 6) is -0.0677. The number of ketones is 1. The maximum Gasteiger partial charge on any atom is 0.222 e. The highest BCUT2D eigenvalue weighted by atomic mass is 16.2. The molecule has 1 amide bonds. The molecule has 1 aliphatic rings. The number of likely N-dealkylation sites (tertiary alicyclic amines) is 1. The molecule has 3 rings (SSSR count). The van der Waals surface area contributed by atoms with E-state index in [-0.39, 0.29) is 18.2 Å². The van der Waals surface area contributed by atoms with Crippen molar-refractivity contribution in [1.29, 1.82) is 0 Å². The molecule has 0 aromatic heterocycles. The minimum Gasteiger partial charge on any atom is -0.337 e. The van der Waals surface area contributed by atoms with Crippen LogP contribution in [0.5, 0.6) is 0 Å². The van der Waals surface area contributed by atoms with Gasteiger partial charge in [0.25, 0.3) is 0 Å². The number of amides is 1. The Hall–Kier alpha value is -2.95. The lowest BCUT2D eigenvalue weighted by molar-refractivity contribution is -0.129. The Kier molecular flexibility index (Phi) is 6.14. The fraction of sp³-hybridized carbons (Fsp3) is 0.286. The first-order valence-electron chi connectivity index (χ1n) is 8.99. The van der Waals surface area contributed by atoms with E-state index in [4.69, 9.17) is 0 Å². The van der Waals surface area contributed by atoms with Crippen LogP contribution in [0.25, 0.3) is 0 Å². The Bertz CT molecular complexity index is 772. The summed E-state index contributed by atoms with van der Waals surface area (Å²) in [6.07, 6.45) is 3.46. The van der Waals surface area contributed by atoms with Crippen molar-refractivity contribution in [3.05, 3.63) is 66.2 Å². The number of hydrazone groups is 1. The van der Waals surface area contributed by atoms with Crippen LogP contribution in [0, 0.1) is 0 Å². The molecule has 0 atom stereocenters. The monoisotopic (exact) mass is 349 g/mol. The SMILES string of the molecule is O=C(/C(CN1CCCCCC1=O)=N\Nc1ccccc1)c1ccccc1. The fourth-order valence-electron chi connectivity index (χ4n) is 2.95. The van der Waals surface area contributed by atoms with Crippen molar-refractivity contribution >= 4 is 23.1 Å². The third kappa shape index (κ3) is 4.79. The smallest absolute Gasteiger partial charge is 0.222 e. The number of para-hydroxylation sites is 1. The van der Waals surface area contributed by atoms with Crippen LogP contribution in [0.2, 0.25) is 0 Å². The topological polar surface area (TPSA) is 61.8 Å². The number of nitrogens with one attached hydrogen (secondary N) is 1. The largest absolute Gasteiger partial charge is 0.337 e. The highest BCUT2D eigenvalue weighted by molar-refractivity contribution is 6.47. The number of Topliss-reactive ketones (excluding diaryl/α,β-unsaturated/α-hetero) is 1. The Balaban J connectivity index is 1.83. The van der Waals surface area contributed by atoms with Crippen LogP contribution in [0.15, 0.2) is 65.8 Å². The average molecular weight is 349 g/mol. The number of nitrogens with zero attached hydrogens (tertiary/aromatic N) is 2. The van der Waals surface area contributed by atoms with Crippen LogP contribution in [0.1, 0.15) is 36.0 Å². The van der Waals surface area contributed by atoms with Crippen molar-refractivity contribution < 1.29 is 9.59 Å². The number of carbonyl (C=O) groups excluding carboxylic acids is 2. The lowest BCUT2D eigenvalue weighted by Gasteiger charge is -2.21. The number of benzene rings is 2. The lowest BCUT2D eigenvalue weighted by atomic mass is 10.1. The maximum atomic E-state index is 12.9. The first-order chi connectivity index (χ1) is 12.7. The molecule has 0 spiro atoms. The highest BCUT2D eigenvalue weighted by Gasteiger charge is 2.22. The van der Waals surface area contributed by atoms with E-state index < -0.39 is 0 Å². The Morgan fingerprint density at radius 2 is 1.65 bits per heavy atom. The summed E-state index contributed by atoms with van der Waals surface area (Å²) in [5, 5.41) is 4.35. The molecule has 134 valence electrons. The number of carbonyl (C=O) groups is 2. The van der Waals surface area contributed by atoms with Crippen LogP contribution in [0.3, 0.4) is 0 Å². The standard InChI is InChI=1S/C21H23N3O2/c25-20-14-8-3-9-15-24(20)16-19(21(26)17-10-4-1-5-11-17)23-22-18-12-6-2-7-13-18/h1-2,4-7,10-13,22H,3,8-9,14-16H2/b23-19-. The third-order valence-electron chi connectivity index (χ3n) is 4.40. The molecule has 2 aromatic carbocycles. The molecular weight excluding hydrogens is 326 g/mol. The van der Waals surface area contributed by atoms with Gasteiger partial charge < -0.3 is 4.90 Å². The van der Waals surface area contributed by atoms with Gasteiger partial charge in [-0.15, -0.1) is 0 Å². The van der Waals surface area contributed by atoms with E-state index in [2.05, 4.69) is 10.5 Å². The zero-order chi connectivity index (χ0) is 18.2. The molecule has 0 bridgehead atoms. The van der Waals surface area contributed by atoms with Crippen LogP contribution in [-0.2, 0) is 4.79 Å². The first kappa shape index (κ1) is 17.9. The molecule has 1 fully saturated rings. The van der Waals surface area contributed by atoms with Gasteiger partial charge >= 0.3 is 0 Å². The van der Waals surface area contributed by atoms with Gasteiger partial charge in [-0.05, 0) is 25.0 Å². The number of anilines is 1. The fourth-order valence-corrected chi connectivity index (χ4v) is 2.95. The Labute approximate surface area is 153 Å². The van der Waals surface area contributed by atoms with E-state index in [1.807, 2.05) is 48.5 Å². The summed E-state index contributed by atoms with van der Waals surface area (Å²) in [5.41, 5.74) is 4.66. The van der Waals surface area contributed by atoms with Gasteiger partial charge in [0, 0.05) is 18.5 Å². The van der Waals surface area contributed by atoms with Crippen molar-refractivity contribution in [3.63, 3.8) is 0 Å². The molecule has 0 saturated carbocycles. The van der Waals surface area contributed by atoms with Gasteiger partial charge in [0.15, 0.2) is 0 Å². The summed E-state index contributed by atoms with van der Waals surface area (Å²) in [6, 6.07) is 18.5. The Morgan fingerprint density at radius 1 is 0.962 bits per heavy atom. The molecular formula is C21H23N3O2. The summed E-state index contributed by atoms with van der Waals surface area (Å²) in [7, 11) is 0. The zero-order valence-electron chi connectivity index (χ0n) is 14.7. The van der Waals surface area contributed by atoms with E-state index in [0.29, 0.717) is 24.2 Å². The summed E-state index contributed by atoms with van der Waals surface area (Å²) < 4.78 is 0. The number of rotatable bonds is 6. The van der Waals surface area contributed by atoms with Crippen molar-refractivity contribution in [3.8, 4) is 0 Å². The van der Waals surface area contributed by atoms with E-state index in [1.54, 1.807) is 17.0 Å². The minimum absolute atomic E-state index is 0.0933. The summed E-state index contributed by atoms with van der Waals surface area (Å²) >= 11 is 0.